The van der Waals surface area contributed by atoms with Gasteiger partial charge in [-0.05, 0) is 88.0 Å². The average Bonchev–Trinajstić information content (AvgIpc) is 3.66. The molecule has 0 spiro atoms. The molecule has 0 fully saturated rings. The van der Waals surface area contributed by atoms with Crippen LogP contribution in [0.2, 0.25) is 0 Å². The van der Waals surface area contributed by atoms with Crippen molar-refractivity contribution >= 4 is 22.0 Å². The summed E-state index contributed by atoms with van der Waals surface area (Å²) in [6, 6.07) is 38.5. The fourth-order valence-electron chi connectivity index (χ4n) is 6.02. The van der Waals surface area contributed by atoms with Crippen molar-refractivity contribution in [3.8, 4) is 28.2 Å². The third-order valence-corrected chi connectivity index (χ3v) is 8.18. The number of hydrogen-bond acceptors (Lipinski definition) is 2. The van der Waals surface area contributed by atoms with E-state index in [4.69, 9.17) is 12.1 Å². The lowest BCUT2D eigenvalue weighted by atomic mass is 9.88. The number of fused-ring (bicyclic) bond motifs is 2. The minimum absolute atomic E-state index is 0.251. The van der Waals surface area contributed by atoms with Crippen LogP contribution in [0.4, 0.5) is 0 Å². The molecule has 0 aliphatic heterocycles. The number of imidazole rings is 1. The Morgan fingerprint density at radius 1 is 0.698 bits per heavy atom. The molecule has 7 aromatic rings. The van der Waals surface area contributed by atoms with Crippen molar-refractivity contribution in [2.24, 2.45) is 0 Å². The lowest BCUT2D eigenvalue weighted by Gasteiger charge is -2.24. The van der Waals surface area contributed by atoms with E-state index in [9.17, 15) is 0 Å². The molecule has 0 aliphatic carbocycles. The second kappa shape index (κ2) is 11.1. The largest absolute Gasteiger partial charge is 0.464 e. The van der Waals surface area contributed by atoms with Crippen LogP contribution < -0.4 is 0 Å². The van der Waals surface area contributed by atoms with Crippen LogP contribution in [-0.4, -0.2) is 9.55 Å². The summed E-state index contributed by atoms with van der Waals surface area (Å²) in [6.45, 7) is 9.01. The fraction of sp³-hybridized carbons (Fsp3) is 0.175. The number of benzene rings is 5. The highest BCUT2D eigenvalue weighted by Gasteiger charge is 2.25. The topological polar surface area (TPSA) is 31.0 Å². The first-order chi connectivity index (χ1) is 21.7. The van der Waals surface area contributed by atoms with Crippen molar-refractivity contribution in [2.45, 2.75) is 45.9 Å². The Hall–Kier alpha value is -4.89. The molecule has 0 bridgehead atoms. The summed E-state index contributed by atoms with van der Waals surface area (Å²) in [5, 5.41) is 0.835. The standard InChI is InChI=1S/C40H36N2O/c1-26(2)32-23-31(30-15-9-6-10-16-30)24-33(27(3)4)39(32)42-37-18-12-11-17-36(37)41-40(42)35-25-43-38-20-19-29(22-34(35)38)21-28-13-7-5-8-14-28/h5-20,22-27H,21H2,1-4H3/i21D2. The molecule has 5 aromatic carbocycles. The summed E-state index contributed by atoms with van der Waals surface area (Å²) < 4.78 is 26.5. The second-order valence-corrected chi connectivity index (χ2v) is 11.8. The Morgan fingerprint density at radius 3 is 2.05 bits per heavy atom. The molecule has 0 amide bonds. The first-order valence-electron chi connectivity index (χ1n) is 16.0. The van der Waals surface area contributed by atoms with Crippen molar-refractivity contribution < 1.29 is 7.16 Å². The molecule has 0 saturated heterocycles. The molecule has 0 N–H and O–H groups in total. The smallest absolute Gasteiger partial charge is 0.149 e. The Kier molecular flexibility index (Phi) is 6.36. The van der Waals surface area contributed by atoms with Gasteiger partial charge in [0.1, 0.15) is 17.7 Å². The molecule has 0 saturated carbocycles. The average molecular weight is 563 g/mol. The van der Waals surface area contributed by atoms with E-state index >= 15 is 0 Å². The van der Waals surface area contributed by atoms with Gasteiger partial charge in [-0.25, -0.2) is 4.98 Å². The van der Waals surface area contributed by atoms with Gasteiger partial charge in [-0.2, -0.15) is 0 Å². The van der Waals surface area contributed by atoms with Crippen LogP contribution in [0.25, 0.3) is 50.2 Å². The predicted molar refractivity (Wildman–Crippen MR) is 179 cm³/mol. The van der Waals surface area contributed by atoms with E-state index in [-0.39, 0.29) is 11.8 Å². The normalized spacial score (nSPS) is 12.8. The molecule has 0 radical (unpaired) electrons. The fourth-order valence-corrected chi connectivity index (χ4v) is 6.02. The van der Waals surface area contributed by atoms with E-state index in [0.29, 0.717) is 16.7 Å². The molecular weight excluding hydrogens is 524 g/mol. The lowest BCUT2D eigenvalue weighted by molar-refractivity contribution is 0.616. The summed E-state index contributed by atoms with van der Waals surface area (Å²) in [7, 11) is 0. The van der Waals surface area contributed by atoms with Crippen LogP contribution in [0.5, 0.6) is 0 Å². The summed E-state index contributed by atoms with van der Waals surface area (Å²) in [6.07, 6.45) is 0.0969. The van der Waals surface area contributed by atoms with Crippen molar-refractivity contribution in [2.75, 3.05) is 0 Å². The van der Waals surface area contributed by atoms with E-state index in [0.717, 1.165) is 33.5 Å². The highest BCUT2D eigenvalue weighted by atomic mass is 16.3. The number of aromatic nitrogens is 2. The van der Waals surface area contributed by atoms with Crippen molar-refractivity contribution in [3.05, 3.63) is 144 Å². The minimum atomic E-state index is -1.67. The monoisotopic (exact) mass is 562 g/mol. The van der Waals surface area contributed by atoms with Gasteiger partial charge in [0, 0.05) is 8.13 Å². The van der Waals surface area contributed by atoms with E-state index in [1.54, 1.807) is 6.26 Å². The van der Waals surface area contributed by atoms with Gasteiger partial charge in [0.25, 0.3) is 0 Å². The summed E-state index contributed by atoms with van der Waals surface area (Å²) in [5.74, 6) is 1.28. The van der Waals surface area contributed by atoms with E-state index in [2.05, 4.69) is 92.9 Å². The van der Waals surface area contributed by atoms with Crippen LogP contribution >= 0.6 is 0 Å². The van der Waals surface area contributed by atoms with Crippen molar-refractivity contribution in [1.82, 2.24) is 9.55 Å². The molecular formula is C40H36N2O. The summed E-state index contributed by atoms with van der Waals surface area (Å²) in [5.41, 5.74) is 10.7. The van der Waals surface area contributed by atoms with Gasteiger partial charge < -0.3 is 4.42 Å². The first-order valence-corrected chi connectivity index (χ1v) is 15.0. The molecule has 0 atom stereocenters. The van der Waals surface area contributed by atoms with Crippen LogP contribution in [-0.2, 0) is 6.37 Å². The Balaban J connectivity index is 1.51. The van der Waals surface area contributed by atoms with Gasteiger partial charge in [-0.15, -0.1) is 0 Å². The second-order valence-electron chi connectivity index (χ2n) is 11.8. The first kappa shape index (κ1) is 24.7. The van der Waals surface area contributed by atoms with Crippen LogP contribution in [0, 0.1) is 0 Å². The Bertz CT molecular complexity index is 2110. The number of furan rings is 1. The summed E-state index contributed by atoms with van der Waals surface area (Å²) in [4.78, 5) is 5.22. The van der Waals surface area contributed by atoms with E-state index < -0.39 is 6.37 Å². The van der Waals surface area contributed by atoms with Crippen LogP contribution in [0.1, 0.15) is 64.5 Å². The minimum Gasteiger partial charge on any atom is -0.464 e. The van der Waals surface area contributed by atoms with Crippen molar-refractivity contribution in [1.29, 1.82) is 0 Å². The molecule has 7 rings (SSSR count). The van der Waals surface area contributed by atoms with Gasteiger partial charge in [0.15, 0.2) is 0 Å². The van der Waals surface area contributed by atoms with Gasteiger partial charge >= 0.3 is 0 Å². The van der Waals surface area contributed by atoms with Crippen molar-refractivity contribution in [3.63, 3.8) is 0 Å². The van der Waals surface area contributed by atoms with Gasteiger partial charge in [-0.3, -0.25) is 4.57 Å². The number of rotatable bonds is 7. The maximum atomic E-state index is 9.03. The highest BCUT2D eigenvalue weighted by molar-refractivity contribution is 5.96. The molecule has 3 heteroatoms. The SMILES string of the molecule is [2H]C([2H])(c1ccccc1)c1ccc2occ(-c3nc4ccccc4n3-c3c(C(C)C)cc(-c4ccccc4)cc3C(C)C)c2c1. The third-order valence-electron chi connectivity index (χ3n) is 8.18. The van der Waals surface area contributed by atoms with Gasteiger partial charge in [-0.1, -0.05) is 107 Å². The molecule has 3 nitrogen and oxygen atoms in total. The Labute approximate surface area is 256 Å². The van der Waals surface area contributed by atoms with Gasteiger partial charge in [0.05, 0.1) is 22.3 Å². The summed E-state index contributed by atoms with van der Waals surface area (Å²) >= 11 is 0. The van der Waals surface area contributed by atoms with Crippen LogP contribution in [0.15, 0.2) is 126 Å². The molecule has 2 aromatic heterocycles. The molecule has 0 aliphatic rings. The van der Waals surface area contributed by atoms with E-state index in [1.807, 2.05) is 54.6 Å². The molecule has 2 heterocycles. The zero-order chi connectivity index (χ0) is 31.3. The molecule has 43 heavy (non-hydrogen) atoms. The predicted octanol–water partition coefficient (Wildman–Crippen LogP) is 10.9. The maximum Gasteiger partial charge on any atom is 0.149 e. The van der Waals surface area contributed by atoms with Crippen LogP contribution in [0.3, 0.4) is 0 Å². The quantitative estimate of drug-likeness (QED) is 0.193. The number of nitrogens with zero attached hydrogens (tertiary/aromatic N) is 2. The lowest BCUT2D eigenvalue weighted by Crippen LogP contribution is -2.09. The van der Waals surface area contributed by atoms with E-state index in [1.165, 1.54) is 22.3 Å². The van der Waals surface area contributed by atoms with Gasteiger partial charge in [0.2, 0.25) is 0 Å². The molecule has 212 valence electrons. The maximum absolute atomic E-state index is 9.03. The third kappa shape index (κ3) is 4.95. The Morgan fingerprint density at radius 2 is 1.35 bits per heavy atom. The zero-order valence-electron chi connectivity index (χ0n) is 27.0. The number of hydrogen-bond donors (Lipinski definition) is 0. The highest BCUT2D eigenvalue weighted by Crippen LogP contribution is 2.41. The number of para-hydroxylation sites is 2. The molecule has 0 unspecified atom stereocenters. The zero-order valence-corrected chi connectivity index (χ0v) is 25.0.